The first-order valence-electron chi connectivity index (χ1n) is 6.51. The molecule has 6 heteroatoms. The minimum Gasteiger partial charge on any atom is -0.466 e. The Morgan fingerprint density at radius 2 is 2.33 bits per heavy atom. The molecular weight excluding hydrogens is 236 g/mol. The highest BCUT2D eigenvalue weighted by atomic mass is 16.5. The zero-order chi connectivity index (χ0) is 13.1. The maximum absolute atomic E-state index is 11.9. The van der Waals surface area contributed by atoms with Crippen LogP contribution in [-0.4, -0.2) is 60.3 Å². The molecule has 0 aromatic heterocycles. The molecule has 3 unspecified atom stereocenters. The molecule has 102 valence electrons. The third kappa shape index (κ3) is 2.49. The van der Waals surface area contributed by atoms with Crippen LogP contribution in [0.25, 0.3) is 0 Å². The Bertz CT molecular complexity index is 334. The molecule has 2 aliphatic heterocycles. The smallest absolute Gasteiger partial charge is 0.312 e. The lowest BCUT2D eigenvalue weighted by Crippen LogP contribution is -2.53. The van der Waals surface area contributed by atoms with Crippen molar-refractivity contribution in [3.8, 4) is 0 Å². The van der Waals surface area contributed by atoms with Crippen LogP contribution >= 0.6 is 0 Å². The van der Waals surface area contributed by atoms with Gasteiger partial charge >= 0.3 is 5.97 Å². The van der Waals surface area contributed by atoms with E-state index in [1.54, 1.807) is 11.8 Å². The molecule has 2 N–H and O–H groups in total. The second kappa shape index (κ2) is 5.67. The molecular formula is C12H20N2O4. The number of rotatable bonds is 3. The molecule has 0 aromatic carbocycles. The third-order valence-electron chi connectivity index (χ3n) is 3.65. The van der Waals surface area contributed by atoms with Crippen molar-refractivity contribution >= 4 is 11.9 Å². The van der Waals surface area contributed by atoms with Crippen molar-refractivity contribution < 1.29 is 19.4 Å². The molecule has 6 nitrogen and oxygen atoms in total. The molecule has 0 radical (unpaired) electrons. The highest BCUT2D eigenvalue weighted by molar-refractivity contribution is 5.84. The fraction of sp³-hybridized carbons (Fsp3) is 0.833. The van der Waals surface area contributed by atoms with Crippen molar-refractivity contribution in [2.45, 2.75) is 31.9 Å². The van der Waals surface area contributed by atoms with E-state index >= 15 is 0 Å². The van der Waals surface area contributed by atoms with Crippen LogP contribution in [0.2, 0.25) is 0 Å². The minimum absolute atomic E-state index is 0.144. The van der Waals surface area contributed by atoms with Gasteiger partial charge in [0.05, 0.1) is 12.5 Å². The van der Waals surface area contributed by atoms with Crippen molar-refractivity contribution in [3.05, 3.63) is 0 Å². The molecule has 2 fully saturated rings. The summed E-state index contributed by atoms with van der Waals surface area (Å²) in [4.78, 5) is 25.4. The number of aliphatic hydroxyl groups excluding tert-OH is 1. The SMILES string of the molecule is CCOC(=O)C1CNCCC1N1CCC(O)C1=O. The molecule has 2 aliphatic rings. The summed E-state index contributed by atoms with van der Waals surface area (Å²) in [6, 6.07) is -0.144. The van der Waals surface area contributed by atoms with E-state index in [2.05, 4.69) is 5.32 Å². The van der Waals surface area contributed by atoms with Gasteiger partial charge in [-0.25, -0.2) is 0 Å². The van der Waals surface area contributed by atoms with Gasteiger partial charge in [-0.1, -0.05) is 0 Å². The molecule has 2 rings (SSSR count). The lowest BCUT2D eigenvalue weighted by molar-refractivity contribution is -0.153. The Balaban J connectivity index is 2.08. The van der Waals surface area contributed by atoms with E-state index < -0.39 is 6.10 Å². The maximum atomic E-state index is 11.9. The Labute approximate surface area is 106 Å². The Hall–Kier alpha value is -1.14. The van der Waals surface area contributed by atoms with Gasteiger partial charge in [0.15, 0.2) is 0 Å². The van der Waals surface area contributed by atoms with E-state index in [1.807, 2.05) is 0 Å². The first kappa shape index (κ1) is 13.3. The monoisotopic (exact) mass is 256 g/mol. The Kier molecular flexibility index (Phi) is 4.19. The normalized spacial score (nSPS) is 32.7. The van der Waals surface area contributed by atoms with E-state index in [0.29, 0.717) is 26.1 Å². The van der Waals surface area contributed by atoms with Gasteiger partial charge in [0, 0.05) is 19.1 Å². The predicted octanol–water partition coefficient (Wildman–Crippen LogP) is -0.879. The molecule has 18 heavy (non-hydrogen) atoms. The highest BCUT2D eigenvalue weighted by Gasteiger charge is 2.42. The fourth-order valence-electron chi connectivity index (χ4n) is 2.72. The van der Waals surface area contributed by atoms with E-state index in [4.69, 9.17) is 4.74 Å². The van der Waals surface area contributed by atoms with Crippen LogP contribution in [0.4, 0.5) is 0 Å². The molecule has 0 aliphatic carbocycles. The average molecular weight is 256 g/mol. The predicted molar refractivity (Wildman–Crippen MR) is 63.7 cm³/mol. The molecule has 3 atom stereocenters. The number of ether oxygens (including phenoxy) is 1. The van der Waals surface area contributed by atoms with Crippen LogP contribution in [-0.2, 0) is 14.3 Å². The summed E-state index contributed by atoms with van der Waals surface area (Å²) in [5.41, 5.74) is 0. The summed E-state index contributed by atoms with van der Waals surface area (Å²) in [6.07, 6.45) is 0.281. The van der Waals surface area contributed by atoms with Gasteiger partial charge < -0.3 is 20.1 Å². The number of hydrogen-bond acceptors (Lipinski definition) is 5. The Morgan fingerprint density at radius 1 is 1.56 bits per heavy atom. The van der Waals surface area contributed by atoms with Crippen molar-refractivity contribution in [1.82, 2.24) is 10.2 Å². The van der Waals surface area contributed by atoms with E-state index in [-0.39, 0.29) is 23.8 Å². The zero-order valence-electron chi connectivity index (χ0n) is 10.6. The lowest BCUT2D eigenvalue weighted by Gasteiger charge is -2.36. The van der Waals surface area contributed by atoms with E-state index in [9.17, 15) is 14.7 Å². The summed E-state index contributed by atoms with van der Waals surface area (Å²) in [6.45, 7) is 3.96. The van der Waals surface area contributed by atoms with Crippen molar-refractivity contribution in [2.75, 3.05) is 26.2 Å². The van der Waals surface area contributed by atoms with Crippen LogP contribution in [0.5, 0.6) is 0 Å². The zero-order valence-corrected chi connectivity index (χ0v) is 10.6. The number of nitrogens with one attached hydrogen (secondary N) is 1. The van der Waals surface area contributed by atoms with Crippen LogP contribution < -0.4 is 5.32 Å². The third-order valence-corrected chi connectivity index (χ3v) is 3.65. The summed E-state index contributed by atoms with van der Waals surface area (Å²) >= 11 is 0. The quantitative estimate of drug-likeness (QED) is 0.641. The van der Waals surface area contributed by atoms with Gasteiger partial charge in [-0.05, 0) is 26.3 Å². The molecule has 2 heterocycles. The number of aliphatic hydroxyl groups is 1. The van der Waals surface area contributed by atoms with Gasteiger partial charge in [0.2, 0.25) is 0 Å². The molecule has 1 amide bonds. The van der Waals surface area contributed by atoms with Crippen LogP contribution in [0.1, 0.15) is 19.8 Å². The van der Waals surface area contributed by atoms with Gasteiger partial charge in [-0.15, -0.1) is 0 Å². The molecule has 2 saturated heterocycles. The standard InChI is InChI=1S/C12H20N2O4/c1-2-18-12(17)8-7-13-5-3-9(8)14-6-4-10(15)11(14)16/h8-10,13,15H,2-7H2,1H3. The molecule has 0 aromatic rings. The molecule has 0 spiro atoms. The number of amides is 1. The van der Waals surface area contributed by atoms with Crippen LogP contribution in [0.3, 0.4) is 0 Å². The van der Waals surface area contributed by atoms with Crippen molar-refractivity contribution in [1.29, 1.82) is 0 Å². The van der Waals surface area contributed by atoms with E-state index in [0.717, 1.165) is 13.0 Å². The highest BCUT2D eigenvalue weighted by Crippen LogP contribution is 2.24. The van der Waals surface area contributed by atoms with Gasteiger partial charge in [-0.3, -0.25) is 9.59 Å². The van der Waals surface area contributed by atoms with Crippen LogP contribution in [0.15, 0.2) is 0 Å². The number of piperidine rings is 1. The lowest BCUT2D eigenvalue weighted by atomic mass is 9.92. The first-order chi connectivity index (χ1) is 8.65. The van der Waals surface area contributed by atoms with Gasteiger partial charge in [-0.2, -0.15) is 0 Å². The summed E-state index contributed by atoms with van der Waals surface area (Å²) in [5, 5.41) is 12.7. The van der Waals surface area contributed by atoms with Gasteiger partial charge in [0.1, 0.15) is 6.10 Å². The van der Waals surface area contributed by atoms with Gasteiger partial charge in [0.25, 0.3) is 5.91 Å². The molecule has 0 saturated carbocycles. The molecule has 0 bridgehead atoms. The minimum atomic E-state index is -0.900. The van der Waals surface area contributed by atoms with Crippen molar-refractivity contribution in [2.24, 2.45) is 5.92 Å². The second-order valence-corrected chi connectivity index (χ2v) is 4.75. The van der Waals surface area contributed by atoms with Crippen LogP contribution in [0, 0.1) is 5.92 Å². The number of carbonyl (C=O) groups is 2. The Morgan fingerprint density at radius 3 is 2.94 bits per heavy atom. The largest absolute Gasteiger partial charge is 0.466 e. The number of hydrogen-bond donors (Lipinski definition) is 2. The summed E-state index contributed by atoms with van der Waals surface area (Å²) < 4.78 is 5.05. The van der Waals surface area contributed by atoms with E-state index in [1.165, 1.54) is 0 Å². The number of likely N-dealkylation sites (tertiary alicyclic amines) is 1. The number of esters is 1. The maximum Gasteiger partial charge on any atom is 0.312 e. The topological polar surface area (TPSA) is 78.9 Å². The second-order valence-electron chi connectivity index (χ2n) is 4.75. The first-order valence-corrected chi connectivity index (χ1v) is 6.51. The number of carbonyl (C=O) groups excluding carboxylic acids is 2. The van der Waals surface area contributed by atoms with Crippen molar-refractivity contribution in [3.63, 3.8) is 0 Å². The number of nitrogens with zero attached hydrogens (tertiary/aromatic N) is 1. The summed E-state index contributed by atoms with van der Waals surface area (Å²) in [5.74, 6) is -0.840. The average Bonchev–Trinajstić information content (AvgIpc) is 2.70. The fourth-order valence-corrected chi connectivity index (χ4v) is 2.72. The summed E-state index contributed by atoms with van der Waals surface area (Å²) in [7, 11) is 0.